The Labute approximate surface area is 613 Å². The van der Waals surface area contributed by atoms with Gasteiger partial charge in [-0.05, 0) is 31.6 Å². The Balaban J connectivity index is 5.22. The maximum absolute atomic E-state index is 13.1. The van der Waals surface area contributed by atoms with Crippen LogP contribution in [0.25, 0.3) is 0 Å². The molecule has 0 heterocycles. The number of unbranched alkanes of at least 4 members (excludes halogenated alkanes) is 53. The molecule has 0 bridgehead atoms. The van der Waals surface area contributed by atoms with Crippen LogP contribution in [0, 0.1) is 5.92 Å². The van der Waals surface area contributed by atoms with Gasteiger partial charge in [0.15, 0.2) is 12.2 Å². The monoisotopic (exact) mass is 1470 g/mol. The molecule has 5 atom stereocenters. The van der Waals surface area contributed by atoms with Gasteiger partial charge in [-0.3, -0.25) is 37.3 Å². The molecule has 0 aliphatic rings. The van der Waals surface area contributed by atoms with Gasteiger partial charge < -0.3 is 33.8 Å². The van der Waals surface area contributed by atoms with Gasteiger partial charge in [-0.15, -0.1) is 0 Å². The first kappa shape index (κ1) is 98.1. The minimum Gasteiger partial charge on any atom is -0.462 e. The second-order valence-electron chi connectivity index (χ2n) is 29.6. The number of esters is 4. The van der Waals surface area contributed by atoms with Gasteiger partial charge in [0.25, 0.3) is 0 Å². The molecule has 0 amide bonds. The fourth-order valence-corrected chi connectivity index (χ4v) is 14.2. The third-order valence-corrected chi connectivity index (χ3v) is 20.9. The largest absolute Gasteiger partial charge is 0.472 e. The van der Waals surface area contributed by atoms with Gasteiger partial charge in [-0.25, -0.2) is 9.13 Å². The molecule has 0 spiro atoms. The van der Waals surface area contributed by atoms with Crippen molar-refractivity contribution >= 4 is 39.5 Å². The Morgan fingerprint density at radius 3 is 0.680 bits per heavy atom. The summed E-state index contributed by atoms with van der Waals surface area (Å²) in [4.78, 5) is 73.0. The average Bonchev–Trinajstić information content (AvgIpc) is 0.976. The van der Waals surface area contributed by atoms with Gasteiger partial charge in [-0.1, -0.05) is 381 Å². The van der Waals surface area contributed by atoms with Crippen molar-refractivity contribution in [1.29, 1.82) is 0 Å². The quantitative estimate of drug-likeness (QED) is 0.0222. The highest BCUT2D eigenvalue weighted by molar-refractivity contribution is 7.47. The fraction of sp³-hybridized carbons (Fsp3) is 0.951. The zero-order valence-corrected chi connectivity index (χ0v) is 67.1. The smallest absolute Gasteiger partial charge is 0.462 e. The van der Waals surface area contributed by atoms with Crippen LogP contribution in [-0.4, -0.2) is 96.7 Å². The predicted molar refractivity (Wildman–Crippen MR) is 409 cm³/mol. The van der Waals surface area contributed by atoms with Crippen molar-refractivity contribution in [2.24, 2.45) is 5.92 Å². The van der Waals surface area contributed by atoms with E-state index in [0.717, 1.165) is 95.8 Å². The average molecular weight is 1470 g/mol. The van der Waals surface area contributed by atoms with Crippen LogP contribution in [-0.2, 0) is 65.4 Å². The molecule has 100 heavy (non-hydrogen) atoms. The Hall–Kier alpha value is -1.94. The van der Waals surface area contributed by atoms with Gasteiger partial charge >= 0.3 is 39.5 Å². The second kappa shape index (κ2) is 73.9. The molecule has 0 rings (SSSR count). The molecule has 2 unspecified atom stereocenters. The number of ether oxygens (including phenoxy) is 4. The number of phosphoric ester groups is 2. The standard InChI is InChI=1S/C81H158O17P2/c1-6-9-12-15-18-21-24-27-30-31-32-33-34-35-36-39-42-45-52-57-62-67-81(86)97-76(70-91-78(83)64-59-54-49-43-40-37-28-25-22-19-16-13-10-7-2)72-95-99(87,88)93-68-75(82)69-94-100(89,90)96-73-77(71-92-79(84)65-60-55-50-47-46-48-53-58-63-74(4)5)98-80(85)66-61-56-51-44-41-38-29-26-23-20-17-14-11-8-3/h74-77,82H,6-73H2,1-5H3,(H,87,88)(H,89,90)/t75-,76-,77-/m1/s1. The molecule has 0 aromatic carbocycles. The Morgan fingerprint density at radius 1 is 0.270 bits per heavy atom. The van der Waals surface area contributed by atoms with Crippen molar-refractivity contribution < 1.29 is 80.2 Å². The maximum Gasteiger partial charge on any atom is 0.472 e. The summed E-state index contributed by atoms with van der Waals surface area (Å²) < 4.78 is 68.7. The molecule has 0 aliphatic heterocycles. The Bertz CT molecular complexity index is 1910. The highest BCUT2D eigenvalue weighted by atomic mass is 31.2. The molecule has 594 valence electrons. The first-order valence-corrected chi connectivity index (χ1v) is 45.1. The van der Waals surface area contributed by atoms with E-state index >= 15 is 0 Å². The summed E-state index contributed by atoms with van der Waals surface area (Å²) >= 11 is 0. The number of aliphatic hydroxyl groups is 1. The molecule has 0 aromatic heterocycles. The number of hydrogen-bond donors (Lipinski definition) is 3. The number of rotatable bonds is 81. The zero-order valence-electron chi connectivity index (χ0n) is 65.3. The number of aliphatic hydroxyl groups excluding tert-OH is 1. The van der Waals surface area contributed by atoms with Gasteiger partial charge in [0.1, 0.15) is 19.3 Å². The molecule has 0 aromatic rings. The summed E-state index contributed by atoms with van der Waals surface area (Å²) in [7, 11) is -9.92. The van der Waals surface area contributed by atoms with Crippen molar-refractivity contribution in [1.82, 2.24) is 0 Å². The number of carbonyl (C=O) groups is 4. The topological polar surface area (TPSA) is 237 Å². The van der Waals surface area contributed by atoms with Crippen LogP contribution < -0.4 is 0 Å². The number of phosphoric acid groups is 2. The van der Waals surface area contributed by atoms with Crippen LogP contribution in [0.1, 0.15) is 433 Å². The molecule has 0 fully saturated rings. The molecule has 3 N–H and O–H groups in total. The number of hydrogen-bond acceptors (Lipinski definition) is 15. The highest BCUT2D eigenvalue weighted by Crippen LogP contribution is 2.45. The summed E-state index contributed by atoms with van der Waals surface area (Å²) in [5.41, 5.74) is 0. The molecule has 0 saturated heterocycles. The van der Waals surface area contributed by atoms with Crippen LogP contribution in [0.2, 0.25) is 0 Å². The highest BCUT2D eigenvalue weighted by Gasteiger charge is 2.30. The third-order valence-electron chi connectivity index (χ3n) is 19.0. The van der Waals surface area contributed by atoms with Gasteiger partial charge in [0, 0.05) is 25.7 Å². The van der Waals surface area contributed by atoms with Gasteiger partial charge in [-0.2, -0.15) is 0 Å². The van der Waals surface area contributed by atoms with E-state index < -0.39 is 97.5 Å². The van der Waals surface area contributed by atoms with Crippen LogP contribution in [0.4, 0.5) is 0 Å². The molecule has 0 radical (unpaired) electrons. The molecule has 19 heteroatoms. The van der Waals surface area contributed by atoms with Crippen molar-refractivity contribution in [2.75, 3.05) is 39.6 Å². The normalized spacial score (nSPS) is 13.8. The van der Waals surface area contributed by atoms with E-state index in [2.05, 4.69) is 34.6 Å². The first-order valence-electron chi connectivity index (χ1n) is 42.1. The van der Waals surface area contributed by atoms with E-state index in [1.807, 2.05) is 0 Å². The van der Waals surface area contributed by atoms with Crippen LogP contribution in [0.3, 0.4) is 0 Å². The fourth-order valence-electron chi connectivity index (χ4n) is 12.6. The summed E-state index contributed by atoms with van der Waals surface area (Å²) in [5, 5.41) is 10.6. The molecule has 0 saturated carbocycles. The summed E-state index contributed by atoms with van der Waals surface area (Å²) in [6.45, 7) is 7.30. The third kappa shape index (κ3) is 74.3. The zero-order chi connectivity index (χ0) is 73.4. The van der Waals surface area contributed by atoms with E-state index in [-0.39, 0.29) is 25.7 Å². The van der Waals surface area contributed by atoms with Gasteiger partial charge in [0.05, 0.1) is 26.4 Å². The predicted octanol–water partition coefficient (Wildman–Crippen LogP) is 24.4. The molecular weight excluding hydrogens is 1310 g/mol. The molecule has 17 nitrogen and oxygen atoms in total. The number of carbonyl (C=O) groups excluding carboxylic acids is 4. The lowest BCUT2D eigenvalue weighted by molar-refractivity contribution is -0.161. The minimum atomic E-state index is -4.96. The molecular formula is C81H158O17P2. The van der Waals surface area contributed by atoms with E-state index in [4.69, 9.17) is 37.0 Å². The lowest BCUT2D eigenvalue weighted by Gasteiger charge is -2.21. The Morgan fingerprint density at radius 2 is 0.460 bits per heavy atom. The van der Waals surface area contributed by atoms with Crippen molar-refractivity contribution in [2.45, 2.75) is 451 Å². The van der Waals surface area contributed by atoms with Crippen LogP contribution in [0.15, 0.2) is 0 Å². The first-order chi connectivity index (χ1) is 48.5. The van der Waals surface area contributed by atoms with Crippen LogP contribution in [0.5, 0.6) is 0 Å². The SMILES string of the molecule is CCCCCCCCCCCCCCCCCCCCCCCC(=O)O[C@H](COC(=O)CCCCCCCCCCCCCCCC)COP(=O)(O)OC[C@@H](O)COP(=O)(O)OC[C@@H](COC(=O)CCCCCCCCCCC(C)C)OC(=O)CCCCCCCCCCCCCCCC. The molecule has 0 aliphatic carbocycles. The van der Waals surface area contributed by atoms with Crippen LogP contribution >= 0.6 is 15.6 Å². The Kier molecular flexibility index (Phi) is 72.5. The summed E-state index contributed by atoms with van der Waals surface area (Å²) in [6.07, 6.45) is 65.2. The van der Waals surface area contributed by atoms with E-state index in [1.165, 1.54) is 257 Å². The van der Waals surface area contributed by atoms with Crippen molar-refractivity contribution in [3.05, 3.63) is 0 Å². The van der Waals surface area contributed by atoms with E-state index in [9.17, 15) is 43.2 Å². The van der Waals surface area contributed by atoms with E-state index in [1.54, 1.807) is 0 Å². The second-order valence-corrected chi connectivity index (χ2v) is 32.5. The van der Waals surface area contributed by atoms with E-state index in [0.29, 0.717) is 25.7 Å². The summed E-state index contributed by atoms with van der Waals surface area (Å²) in [5.74, 6) is -1.38. The lowest BCUT2D eigenvalue weighted by Crippen LogP contribution is -2.30. The lowest BCUT2D eigenvalue weighted by atomic mass is 10.0. The van der Waals surface area contributed by atoms with Gasteiger partial charge in [0.2, 0.25) is 0 Å². The minimum absolute atomic E-state index is 0.108. The summed E-state index contributed by atoms with van der Waals surface area (Å²) in [6, 6.07) is 0. The van der Waals surface area contributed by atoms with Crippen molar-refractivity contribution in [3.63, 3.8) is 0 Å². The van der Waals surface area contributed by atoms with Crippen molar-refractivity contribution in [3.8, 4) is 0 Å². The maximum atomic E-state index is 13.1.